The Morgan fingerprint density at radius 3 is 2.00 bits per heavy atom. The van der Waals surface area contributed by atoms with Crippen LogP contribution < -0.4 is 0 Å². The van der Waals surface area contributed by atoms with Crippen LogP contribution >= 0.6 is 0 Å². The Hall–Kier alpha value is 0.648. The van der Waals surface area contributed by atoms with Crippen LogP contribution in [-0.2, 0) is 20.1 Å². The molecule has 1 nitrogen and oxygen atoms in total. The van der Waals surface area contributed by atoms with Crippen molar-refractivity contribution in [1.82, 2.24) is 3.46 Å². The van der Waals surface area contributed by atoms with Crippen LogP contribution in [0, 0.1) is 0 Å². The molecule has 0 aromatic rings. The van der Waals surface area contributed by atoms with Gasteiger partial charge >= 0.3 is 44.0 Å². The average molecular weight is 242 g/mol. The van der Waals surface area contributed by atoms with Crippen molar-refractivity contribution in [2.75, 3.05) is 13.6 Å². The van der Waals surface area contributed by atoms with Crippen LogP contribution in [0.2, 0.25) is 0 Å². The second-order valence-corrected chi connectivity index (χ2v) is 3.18. The van der Waals surface area contributed by atoms with Gasteiger partial charge in [0.15, 0.2) is 0 Å². The Balaban J connectivity index is 2.54. The Bertz CT molecular complexity index is 20.9. The van der Waals surface area contributed by atoms with Gasteiger partial charge in [-0.2, -0.15) is 0 Å². The summed E-state index contributed by atoms with van der Waals surface area (Å²) in [6.07, 6.45) is 0. The number of hydrogen-bond donors (Lipinski definition) is 0. The molecule has 0 spiro atoms. The van der Waals surface area contributed by atoms with E-state index >= 15 is 0 Å². The molecule has 0 rings (SSSR count). The molecule has 0 fully saturated rings. The predicted octanol–water partition coefficient (Wildman–Crippen LogP) is 0.400. The van der Waals surface area contributed by atoms with Gasteiger partial charge < -0.3 is 0 Å². The molecule has 0 heterocycles. The van der Waals surface area contributed by atoms with Gasteiger partial charge in [-0.05, 0) is 0 Å². The van der Waals surface area contributed by atoms with Crippen molar-refractivity contribution in [2.24, 2.45) is 0 Å². The molecule has 0 aromatic heterocycles. The van der Waals surface area contributed by atoms with Crippen molar-refractivity contribution in [3.63, 3.8) is 0 Å². The molecule has 0 bridgehead atoms. The first-order valence-corrected chi connectivity index (χ1v) is 2.96. The molecule has 31 valence electrons. The molecule has 0 atom stereocenters. The zero-order valence-electron chi connectivity index (χ0n) is 3.56. The van der Waals surface area contributed by atoms with Crippen molar-refractivity contribution in [3.05, 3.63) is 0 Å². The average Bonchev–Trinajstić information content (AvgIpc) is 1.38. The predicted molar refractivity (Wildman–Crippen MR) is 18.3 cm³/mol. The summed E-state index contributed by atoms with van der Waals surface area (Å²) in [5, 5.41) is 0. The first-order valence-electron chi connectivity index (χ1n) is 1.65. The van der Waals surface area contributed by atoms with Gasteiger partial charge in [0.05, 0.1) is 0 Å². The fourth-order valence-corrected chi connectivity index (χ4v) is 0. The summed E-state index contributed by atoms with van der Waals surface area (Å²) in [4.78, 5) is 0. The van der Waals surface area contributed by atoms with Gasteiger partial charge in [0.25, 0.3) is 0 Å². The van der Waals surface area contributed by atoms with Crippen molar-refractivity contribution in [3.8, 4) is 0 Å². The van der Waals surface area contributed by atoms with E-state index in [9.17, 15) is 0 Å². The molecule has 0 aliphatic rings. The second-order valence-electron chi connectivity index (χ2n) is 0.944. The van der Waals surface area contributed by atoms with Crippen LogP contribution in [-0.4, -0.2) is 17.1 Å². The van der Waals surface area contributed by atoms with E-state index in [4.69, 9.17) is 0 Å². The maximum atomic E-state index is 2.21. The molecule has 2 heteroatoms. The Kier molecular flexibility index (Phi) is 3.23. The third-order valence-electron chi connectivity index (χ3n) is 0.445. The Labute approximate surface area is 44.5 Å². The number of hydrogen-bond acceptors (Lipinski definition) is 1. The zero-order chi connectivity index (χ0) is 4.28. The van der Waals surface area contributed by atoms with E-state index in [1.807, 2.05) is 0 Å². The minimum absolute atomic E-state index is 1.18. The van der Waals surface area contributed by atoms with Gasteiger partial charge in [0, 0.05) is 0 Å². The SMILES string of the molecule is CC[N](C)[W]. The van der Waals surface area contributed by atoms with E-state index in [2.05, 4.69) is 17.4 Å². The number of rotatable bonds is 1. The molecule has 0 N–H and O–H groups in total. The number of nitrogens with zero attached hydrogens (tertiary/aromatic N) is 1. The van der Waals surface area contributed by atoms with Crippen LogP contribution in [0.25, 0.3) is 0 Å². The quantitative estimate of drug-likeness (QED) is 0.643. The van der Waals surface area contributed by atoms with Gasteiger partial charge in [0.1, 0.15) is 0 Å². The normalized spacial score (nSPS) is 9.40. The molecule has 0 aliphatic heterocycles. The molecule has 0 saturated carbocycles. The van der Waals surface area contributed by atoms with Crippen LogP contribution in [0.3, 0.4) is 0 Å². The van der Waals surface area contributed by atoms with E-state index in [0.717, 1.165) is 0 Å². The van der Waals surface area contributed by atoms with Gasteiger partial charge in [-0.25, -0.2) is 0 Å². The van der Waals surface area contributed by atoms with Crippen LogP contribution in [0.15, 0.2) is 0 Å². The van der Waals surface area contributed by atoms with Crippen molar-refractivity contribution in [1.29, 1.82) is 0 Å². The summed E-state index contributed by atoms with van der Waals surface area (Å²) in [5.41, 5.74) is 0. The summed E-state index contributed by atoms with van der Waals surface area (Å²) in [7, 11) is 2.09. The van der Waals surface area contributed by atoms with Gasteiger partial charge in [-0.3, -0.25) is 0 Å². The van der Waals surface area contributed by atoms with Gasteiger partial charge in [0.2, 0.25) is 0 Å². The first-order chi connectivity index (χ1) is 2.27. The summed E-state index contributed by atoms with van der Waals surface area (Å²) in [5.74, 6) is 0. The monoisotopic (exact) mass is 242 g/mol. The summed E-state index contributed by atoms with van der Waals surface area (Å²) < 4.78 is 2.21. The standard InChI is InChI=1S/C3H8N.W/c1-3-4-2;/h3H2,1-2H3;/q-1;+1. The minimum atomic E-state index is 1.18. The van der Waals surface area contributed by atoms with E-state index in [1.165, 1.54) is 6.54 Å². The van der Waals surface area contributed by atoms with E-state index < -0.39 is 0 Å². The fraction of sp³-hybridized carbons (Fsp3) is 1.00. The first kappa shape index (κ1) is 5.65. The van der Waals surface area contributed by atoms with E-state index in [1.54, 1.807) is 20.1 Å². The molecule has 0 amide bonds. The Morgan fingerprint density at radius 1 is 1.80 bits per heavy atom. The van der Waals surface area contributed by atoms with E-state index in [-0.39, 0.29) is 0 Å². The third-order valence-corrected chi connectivity index (χ3v) is 1.37. The molecule has 0 aliphatic carbocycles. The maximum absolute atomic E-state index is 2.21. The summed E-state index contributed by atoms with van der Waals surface area (Å²) in [6.45, 7) is 3.32. The van der Waals surface area contributed by atoms with Gasteiger partial charge in [-0.1, -0.05) is 0 Å². The third kappa shape index (κ3) is 4.65. The van der Waals surface area contributed by atoms with Crippen LogP contribution in [0.1, 0.15) is 6.92 Å². The Morgan fingerprint density at radius 2 is 2.00 bits per heavy atom. The van der Waals surface area contributed by atoms with E-state index in [0.29, 0.717) is 0 Å². The molecular formula is C3H8NW. The molecule has 5 heavy (non-hydrogen) atoms. The molecule has 0 saturated heterocycles. The summed E-state index contributed by atoms with van der Waals surface area (Å²) in [6, 6.07) is 0. The molecule has 0 radical (unpaired) electrons. The van der Waals surface area contributed by atoms with Crippen molar-refractivity contribution >= 4 is 0 Å². The zero-order valence-corrected chi connectivity index (χ0v) is 6.50. The molecular weight excluding hydrogens is 234 g/mol. The van der Waals surface area contributed by atoms with Crippen LogP contribution in [0.5, 0.6) is 0 Å². The molecule has 0 unspecified atom stereocenters. The van der Waals surface area contributed by atoms with Crippen molar-refractivity contribution < 1.29 is 20.1 Å². The molecule has 0 aromatic carbocycles. The van der Waals surface area contributed by atoms with Gasteiger partial charge in [-0.15, -0.1) is 0 Å². The van der Waals surface area contributed by atoms with Crippen molar-refractivity contribution in [2.45, 2.75) is 6.92 Å². The summed E-state index contributed by atoms with van der Waals surface area (Å²) >= 11 is 1.54. The topological polar surface area (TPSA) is 3.24 Å². The second kappa shape index (κ2) is 2.86. The fourth-order valence-electron chi connectivity index (χ4n) is 0. The van der Waals surface area contributed by atoms with Crippen LogP contribution in [0.4, 0.5) is 0 Å².